The third-order valence-corrected chi connectivity index (χ3v) is 7.32. The van der Waals surface area contributed by atoms with Crippen LogP contribution in [0.5, 0.6) is 5.75 Å². The standard InChI is InChI=1S/C23H29N3O5S/c1-16-7-9-18(15-20(16)26-13-5-6-23(26)28)24-22(27)12-8-17-14-19(10-11-21(17)31-4)32(29,30)25(2)3/h7,9-11,14-15H,5-6,8,12-13H2,1-4H3,(H,24,27). The fourth-order valence-corrected chi connectivity index (χ4v) is 4.63. The fraction of sp³-hybridized carbons (Fsp3) is 0.391. The highest BCUT2D eigenvalue weighted by Gasteiger charge is 2.23. The van der Waals surface area contributed by atoms with Crippen LogP contribution in [-0.4, -0.2) is 52.3 Å². The largest absolute Gasteiger partial charge is 0.496 e. The molecule has 32 heavy (non-hydrogen) atoms. The molecule has 0 spiro atoms. The maximum Gasteiger partial charge on any atom is 0.242 e. The molecular formula is C23H29N3O5S. The number of hydrogen-bond acceptors (Lipinski definition) is 5. The molecule has 2 aromatic carbocycles. The van der Waals surface area contributed by atoms with Gasteiger partial charge in [0.2, 0.25) is 21.8 Å². The number of ether oxygens (including phenoxy) is 1. The van der Waals surface area contributed by atoms with Crippen molar-refractivity contribution in [2.45, 2.75) is 37.5 Å². The van der Waals surface area contributed by atoms with Crippen molar-refractivity contribution in [3.8, 4) is 5.75 Å². The van der Waals surface area contributed by atoms with Gasteiger partial charge in [-0.05, 0) is 61.2 Å². The molecule has 2 aromatic rings. The molecule has 0 bridgehead atoms. The number of carbonyl (C=O) groups excluding carboxylic acids is 2. The summed E-state index contributed by atoms with van der Waals surface area (Å²) in [6, 6.07) is 10.1. The third-order valence-electron chi connectivity index (χ3n) is 5.51. The van der Waals surface area contributed by atoms with Crippen LogP contribution in [0.25, 0.3) is 0 Å². The van der Waals surface area contributed by atoms with E-state index < -0.39 is 10.0 Å². The van der Waals surface area contributed by atoms with E-state index in [9.17, 15) is 18.0 Å². The van der Waals surface area contributed by atoms with Crippen molar-refractivity contribution in [3.63, 3.8) is 0 Å². The van der Waals surface area contributed by atoms with Gasteiger partial charge in [0.15, 0.2) is 0 Å². The van der Waals surface area contributed by atoms with Crippen LogP contribution >= 0.6 is 0 Å². The van der Waals surface area contributed by atoms with E-state index in [0.29, 0.717) is 36.4 Å². The van der Waals surface area contributed by atoms with Crippen molar-refractivity contribution in [1.82, 2.24) is 4.31 Å². The average Bonchev–Trinajstić information content (AvgIpc) is 3.18. The van der Waals surface area contributed by atoms with Crippen molar-refractivity contribution in [1.29, 1.82) is 0 Å². The molecule has 9 heteroatoms. The molecule has 0 atom stereocenters. The monoisotopic (exact) mass is 459 g/mol. The Hall–Kier alpha value is -2.91. The molecule has 1 aliphatic rings. The normalized spacial score (nSPS) is 14.2. The predicted octanol–water partition coefficient (Wildman–Crippen LogP) is 2.95. The number of rotatable bonds is 8. The molecule has 1 aliphatic heterocycles. The molecule has 3 rings (SSSR count). The van der Waals surface area contributed by atoms with Gasteiger partial charge in [-0.1, -0.05) is 6.07 Å². The molecule has 1 saturated heterocycles. The predicted molar refractivity (Wildman–Crippen MR) is 124 cm³/mol. The summed E-state index contributed by atoms with van der Waals surface area (Å²) < 4.78 is 31.4. The van der Waals surface area contributed by atoms with Crippen LogP contribution < -0.4 is 15.0 Å². The Morgan fingerprint density at radius 1 is 1.19 bits per heavy atom. The van der Waals surface area contributed by atoms with Crippen molar-refractivity contribution in [2.75, 3.05) is 38.0 Å². The molecule has 8 nitrogen and oxygen atoms in total. The van der Waals surface area contributed by atoms with Gasteiger partial charge in [-0.2, -0.15) is 0 Å². The number of nitrogens with one attached hydrogen (secondary N) is 1. The summed E-state index contributed by atoms with van der Waals surface area (Å²) in [6.45, 7) is 2.62. The lowest BCUT2D eigenvalue weighted by Gasteiger charge is -2.19. The van der Waals surface area contributed by atoms with Crippen molar-refractivity contribution in [2.24, 2.45) is 0 Å². The summed E-state index contributed by atoms with van der Waals surface area (Å²) in [5, 5.41) is 2.87. The summed E-state index contributed by atoms with van der Waals surface area (Å²) >= 11 is 0. The maximum absolute atomic E-state index is 12.6. The molecular weight excluding hydrogens is 430 g/mol. The van der Waals surface area contributed by atoms with E-state index in [4.69, 9.17) is 4.74 Å². The Labute approximate surface area is 189 Å². The van der Waals surface area contributed by atoms with Gasteiger partial charge in [0.05, 0.1) is 12.0 Å². The average molecular weight is 460 g/mol. The molecule has 1 heterocycles. The number of amides is 2. The van der Waals surface area contributed by atoms with Gasteiger partial charge in [-0.3, -0.25) is 9.59 Å². The minimum Gasteiger partial charge on any atom is -0.496 e. The highest BCUT2D eigenvalue weighted by Crippen LogP contribution is 2.29. The van der Waals surface area contributed by atoms with Crippen LogP contribution in [-0.2, 0) is 26.0 Å². The van der Waals surface area contributed by atoms with Gasteiger partial charge < -0.3 is 15.0 Å². The lowest BCUT2D eigenvalue weighted by atomic mass is 10.1. The first-order valence-electron chi connectivity index (χ1n) is 10.4. The summed E-state index contributed by atoms with van der Waals surface area (Å²) in [7, 11) is 0.859. The van der Waals surface area contributed by atoms with Gasteiger partial charge in [0, 0.05) is 44.9 Å². The van der Waals surface area contributed by atoms with Crippen LogP contribution in [0.3, 0.4) is 0 Å². The molecule has 0 aromatic heterocycles. The van der Waals surface area contributed by atoms with E-state index in [1.54, 1.807) is 17.0 Å². The Bertz CT molecular complexity index is 1130. The number of methoxy groups -OCH3 is 1. The van der Waals surface area contributed by atoms with Gasteiger partial charge >= 0.3 is 0 Å². The Balaban J connectivity index is 1.72. The van der Waals surface area contributed by atoms with Gasteiger partial charge in [0.25, 0.3) is 0 Å². The number of anilines is 2. The number of aryl methyl sites for hydroxylation is 2. The lowest BCUT2D eigenvalue weighted by molar-refractivity contribution is -0.117. The molecule has 1 fully saturated rings. The van der Waals surface area contributed by atoms with Gasteiger partial charge in [0.1, 0.15) is 5.75 Å². The van der Waals surface area contributed by atoms with Crippen LogP contribution in [0.4, 0.5) is 11.4 Å². The third kappa shape index (κ3) is 5.11. The molecule has 172 valence electrons. The highest BCUT2D eigenvalue weighted by atomic mass is 32.2. The second-order valence-electron chi connectivity index (χ2n) is 7.96. The molecule has 0 unspecified atom stereocenters. The number of carbonyl (C=O) groups is 2. The fourth-order valence-electron chi connectivity index (χ4n) is 3.67. The van der Waals surface area contributed by atoms with E-state index in [1.165, 1.54) is 27.3 Å². The van der Waals surface area contributed by atoms with Crippen LogP contribution in [0.15, 0.2) is 41.3 Å². The lowest BCUT2D eigenvalue weighted by Crippen LogP contribution is -2.24. The van der Waals surface area contributed by atoms with E-state index >= 15 is 0 Å². The van der Waals surface area contributed by atoms with Gasteiger partial charge in [-0.15, -0.1) is 0 Å². The zero-order valence-corrected chi connectivity index (χ0v) is 19.7. The summed E-state index contributed by atoms with van der Waals surface area (Å²) in [5.41, 5.74) is 3.04. The number of sulfonamides is 1. The van der Waals surface area contributed by atoms with E-state index in [-0.39, 0.29) is 23.1 Å². The highest BCUT2D eigenvalue weighted by molar-refractivity contribution is 7.89. The maximum atomic E-state index is 12.6. The summed E-state index contributed by atoms with van der Waals surface area (Å²) in [5.74, 6) is 0.410. The van der Waals surface area contributed by atoms with Crippen LogP contribution in [0.2, 0.25) is 0 Å². The Kier molecular flexibility index (Phi) is 7.20. The minimum absolute atomic E-state index is 0.0937. The topological polar surface area (TPSA) is 96.0 Å². The Morgan fingerprint density at radius 2 is 1.94 bits per heavy atom. The Morgan fingerprint density at radius 3 is 2.56 bits per heavy atom. The van der Waals surface area contributed by atoms with Crippen molar-refractivity contribution in [3.05, 3.63) is 47.5 Å². The van der Waals surface area contributed by atoms with E-state index in [0.717, 1.165) is 22.0 Å². The minimum atomic E-state index is -3.59. The second kappa shape index (κ2) is 9.70. The smallest absolute Gasteiger partial charge is 0.242 e. The first-order valence-corrected chi connectivity index (χ1v) is 11.9. The molecule has 0 aliphatic carbocycles. The quantitative estimate of drug-likeness (QED) is 0.655. The van der Waals surface area contributed by atoms with Crippen molar-refractivity contribution < 1.29 is 22.7 Å². The zero-order valence-electron chi connectivity index (χ0n) is 18.8. The SMILES string of the molecule is COc1ccc(S(=O)(=O)N(C)C)cc1CCC(=O)Nc1ccc(C)c(N2CCCC2=O)c1. The molecule has 0 radical (unpaired) electrons. The van der Waals surface area contributed by atoms with Crippen LogP contribution in [0, 0.1) is 6.92 Å². The first-order chi connectivity index (χ1) is 15.1. The first kappa shape index (κ1) is 23.7. The van der Waals surface area contributed by atoms with Crippen LogP contribution in [0.1, 0.15) is 30.4 Å². The number of hydrogen-bond donors (Lipinski definition) is 1. The zero-order chi connectivity index (χ0) is 23.5. The molecule has 1 N–H and O–H groups in total. The van der Waals surface area contributed by atoms with E-state index in [2.05, 4.69) is 5.32 Å². The molecule has 0 saturated carbocycles. The number of benzene rings is 2. The number of nitrogens with zero attached hydrogens (tertiary/aromatic N) is 2. The van der Waals surface area contributed by atoms with Gasteiger partial charge in [-0.25, -0.2) is 12.7 Å². The summed E-state index contributed by atoms with van der Waals surface area (Å²) in [4.78, 5) is 26.6. The molecule has 2 amide bonds. The van der Waals surface area contributed by atoms with Crippen molar-refractivity contribution >= 4 is 33.2 Å². The second-order valence-corrected chi connectivity index (χ2v) is 10.1. The van der Waals surface area contributed by atoms with E-state index in [1.807, 2.05) is 25.1 Å². The summed E-state index contributed by atoms with van der Waals surface area (Å²) in [6.07, 6.45) is 1.84.